The molecule has 6 bridgehead atoms. The summed E-state index contributed by atoms with van der Waals surface area (Å²) in [6.45, 7) is 2.83. The first-order chi connectivity index (χ1) is 23.6. The number of likely N-dealkylation sites (tertiary alicyclic amines) is 1. The van der Waals surface area contributed by atoms with Crippen LogP contribution in [0.25, 0.3) is 0 Å². The van der Waals surface area contributed by atoms with E-state index in [0.29, 0.717) is 66.0 Å². The van der Waals surface area contributed by atoms with Gasteiger partial charge in [-0.1, -0.05) is 6.07 Å². The Morgan fingerprint density at radius 3 is 2.29 bits per heavy atom. The molecule has 2 amide bonds. The minimum Gasteiger partial charge on any atom is -0.493 e. The molecule has 1 unspecified atom stereocenters. The van der Waals surface area contributed by atoms with Gasteiger partial charge in [0.15, 0.2) is 38.4 Å². The highest BCUT2D eigenvalue weighted by molar-refractivity contribution is 7.91. The fourth-order valence-corrected chi connectivity index (χ4v) is 8.42. The first kappa shape index (κ1) is 34.4. The van der Waals surface area contributed by atoms with Gasteiger partial charge in [-0.25, -0.2) is 8.42 Å². The summed E-state index contributed by atoms with van der Waals surface area (Å²) in [4.78, 5) is 29.1. The summed E-state index contributed by atoms with van der Waals surface area (Å²) in [5.74, 6) is 3.07. The molecule has 8 aliphatic heterocycles. The van der Waals surface area contributed by atoms with Crippen molar-refractivity contribution < 1.29 is 41.7 Å². The number of nitrogens with one attached hydrogen (secondary N) is 2. The van der Waals surface area contributed by atoms with Gasteiger partial charge >= 0.3 is 0 Å². The zero-order valence-electron chi connectivity index (χ0n) is 27.9. The summed E-state index contributed by atoms with van der Waals surface area (Å²) >= 11 is 0. The van der Waals surface area contributed by atoms with E-state index >= 15 is 0 Å². The van der Waals surface area contributed by atoms with Gasteiger partial charge in [-0.3, -0.25) is 9.59 Å². The van der Waals surface area contributed by atoms with Gasteiger partial charge < -0.3 is 39.2 Å². The van der Waals surface area contributed by atoms with Gasteiger partial charge in [0.25, 0.3) is 11.8 Å². The van der Waals surface area contributed by atoms with Crippen LogP contribution in [-0.2, 0) is 21.2 Å². The summed E-state index contributed by atoms with van der Waals surface area (Å²) < 4.78 is 53.5. The van der Waals surface area contributed by atoms with Gasteiger partial charge in [0, 0.05) is 38.0 Å². The number of benzene rings is 3. The van der Waals surface area contributed by atoms with Gasteiger partial charge in [-0.05, 0) is 85.5 Å². The average Bonchev–Trinajstić information content (AvgIpc) is 3.47. The molecule has 0 saturated carbocycles. The molecule has 262 valence electrons. The molecule has 3 aromatic rings. The highest BCUT2D eigenvalue weighted by Crippen LogP contribution is 2.38. The molecule has 11 rings (SSSR count). The van der Waals surface area contributed by atoms with Gasteiger partial charge in [0.05, 0.1) is 32.3 Å². The van der Waals surface area contributed by atoms with E-state index in [2.05, 4.69) is 15.5 Å². The van der Waals surface area contributed by atoms with Crippen LogP contribution in [0.15, 0.2) is 60.7 Å². The number of carbonyl (C=O) groups is 2. The van der Waals surface area contributed by atoms with Crippen LogP contribution >= 0.6 is 0 Å². The van der Waals surface area contributed by atoms with Crippen LogP contribution in [0.4, 0.5) is 0 Å². The number of hydrogen-bond acceptors (Lipinski definition) is 10. The first-order valence-electron chi connectivity index (χ1n) is 16.6. The lowest BCUT2D eigenvalue weighted by molar-refractivity contribution is -0.141. The van der Waals surface area contributed by atoms with E-state index in [9.17, 15) is 18.0 Å². The highest BCUT2D eigenvalue weighted by atomic mass is 32.2. The molecule has 49 heavy (non-hydrogen) atoms. The van der Waals surface area contributed by atoms with Crippen LogP contribution in [0, 0.1) is 5.92 Å². The molecule has 8 heterocycles. The maximum atomic E-state index is 14.0. The first-order valence-corrected chi connectivity index (χ1v) is 18.4. The van der Waals surface area contributed by atoms with Crippen LogP contribution in [0.5, 0.6) is 34.5 Å². The van der Waals surface area contributed by atoms with Crippen molar-refractivity contribution in [2.45, 2.75) is 37.8 Å². The van der Waals surface area contributed by atoms with Crippen molar-refractivity contribution >= 4 is 21.7 Å². The Morgan fingerprint density at radius 2 is 1.59 bits per heavy atom. The third-order valence-corrected chi connectivity index (χ3v) is 11.2. The van der Waals surface area contributed by atoms with Gasteiger partial charge in [-0.2, -0.15) is 0 Å². The summed E-state index contributed by atoms with van der Waals surface area (Å²) in [5, 5.41) is 5.95. The molecule has 0 aromatic heterocycles. The Balaban J connectivity index is 1.22. The summed E-state index contributed by atoms with van der Waals surface area (Å²) in [7, 11) is 0.131. The predicted octanol–water partition coefficient (Wildman–Crippen LogP) is 3.97. The molecule has 2 fully saturated rings. The largest absolute Gasteiger partial charge is 0.493 e. The Kier molecular flexibility index (Phi) is 10.5. The van der Waals surface area contributed by atoms with Crippen LogP contribution in [0.1, 0.15) is 41.6 Å². The lowest BCUT2D eigenvalue weighted by atomic mass is 9.89. The molecule has 2 N–H and O–H groups in total. The number of nitrogens with zero attached hydrogens (tertiary/aromatic N) is 1. The SMILES string of the molecule is COc1cc2ccc1Oc1ccc(cc1OC)C(=O)NCCOc1ccc(cc1)OC1(CCN(CCC3CCS(=O)(=O)C3)CC1)C(=O)NC2. The van der Waals surface area contributed by atoms with E-state index in [-0.39, 0.29) is 48.9 Å². The van der Waals surface area contributed by atoms with E-state index in [1.807, 2.05) is 6.07 Å². The van der Waals surface area contributed by atoms with Gasteiger partial charge in [-0.15, -0.1) is 0 Å². The number of rotatable bonds is 5. The Labute approximate surface area is 286 Å². The van der Waals surface area contributed by atoms with Crippen molar-refractivity contribution in [3.63, 3.8) is 0 Å². The third-order valence-electron chi connectivity index (χ3n) is 9.38. The molecule has 2 saturated heterocycles. The van der Waals surface area contributed by atoms with Crippen molar-refractivity contribution in [3.8, 4) is 34.5 Å². The van der Waals surface area contributed by atoms with Crippen molar-refractivity contribution in [3.05, 3.63) is 71.8 Å². The zero-order chi connectivity index (χ0) is 34.4. The number of hydrogen-bond donors (Lipinski definition) is 2. The number of sulfone groups is 1. The Hall–Kier alpha value is -4.49. The van der Waals surface area contributed by atoms with E-state index in [0.717, 1.165) is 24.9 Å². The number of methoxy groups -OCH3 is 2. The maximum absolute atomic E-state index is 14.0. The third kappa shape index (κ3) is 8.39. The molecular weight excluding hydrogens is 650 g/mol. The van der Waals surface area contributed by atoms with E-state index in [1.54, 1.807) is 61.7 Å². The van der Waals surface area contributed by atoms with E-state index < -0.39 is 15.4 Å². The second-order valence-corrected chi connectivity index (χ2v) is 14.9. The number of ether oxygens (including phenoxy) is 5. The summed E-state index contributed by atoms with van der Waals surface area (Å²) in [6, 6.07) is 17.5. The molecule has 0 aliphatic carbocycles. The lowest BCUT2D eigenvalue weighted by Gasteiger charge is -2.41. The molecule has 13 heteroatoms. The van der Waals surface area contributed by atoms with E-state index in [4.69, 9.17) is 23.7 Å². The van der Waals surface area contributed by atoms with Crippen molar-refractivity contribution in [1.29, 1.82) is 0 Å². The highest BCUT2D eigenvalue weighted by Gasteiger charge is 2.44. The van der Waals surface area contributed by atoms with Gasteiger partial charge in [0.1, 0.15) is 18.1 Å². The number of amides is 2. The van der Waals surface area contributed by atoms with Crippen LogP contribution in [-0.4, -0.2) is 89.2 Å². The normalized spacial score (nSPS) is 20.9. The minimum absolute atomic E-state index is 0.191. The van der Waals surface area contributed by atoms with E-state index in [1.165, 1.54) is 7.11 Å². The number of piperidine rings is 1. The predicted molar refractivity (Wildman–Crippen MR) is 183 cm³/mol. The van der Waals surface area contributed by atoms with Gasteiger partial charge in [0.2, 0.25) is 0 Å². The molecule has 1 spiro atoms. The quantitative estimate of drug-likeness (QED) is 0.403. The fourth-order valence-electron chi connectivity index (χ4n) is 6.50. The van der Waals surface area contributed by atoms with Crippen molar-refractivity contribution in [1.82, 2.24) is 15.5 Å². The molecule has 8 aliphatic rings. The van der Waals surface area contributed by atoms with Crippen molar-refractivity contribution in [2.75, 3.05) is 58.5 Å². The second kappa shape index (κ2) is 15.0. The fraction of sp³-hybridized carbons (Fsp3) is 0.444. The zero-order valence-corrected chi connectivity index (χ0v) is 28.7. The number of carbonyl (C=O) groups excluding carboxylic acids is 2. The average molecular weight is 694 g/mol. The monoisotopic (exact) mass is 693 g/mol. The Bertz CT molecular complexity index is 1760. The Morgan fingerprint density at radius 1 is 0.898 bits per heavy atom. The van der Waals surface area contributed by atoms with Crippen LogP contribution in [0.3, 0.4) is 0 Å². The summed E-state index contributed by atoms with van der Waals surface area (Å²) in [5.41, 5.74) is 0.104. The standard InChI is InChI=1S/C36H43N3O9S/c1-44-32-21-26-3-9-30(32)47-31-10-4-27(22-33(31)45-2)34(40)37-15-19-46-28-5-7-29(8-6-28)48-36(35(41)38-23-26)13-17-39(18-14-36)16-11-25-12-20-49(42,43)24-25/h3-10,21-22,25H,11-20,23-24H2,1-2H3,(H,37,40)(H,38,41). The minimum atomic E-state index is -2.91. The molecule has 3 aromatic carbocycles. The molecular formula is C36H43N3O9S. The smallest absolute Gasteiger partial charge is 0.264 e. The second-order valence-electron chi connectivity index (χ2n) is 12.7. The maximum Gasteiger partial charge on any atom is 0.264 e. The lowest BCUT2D eigenvalue weighted by Crippen LogP contribution is -2.57. The topological polar surface area (TPSA) is 142 Å². The van der Waals surface area contributed by atoms with Crippen LogP contribution in [0.2, 0.25) is 0 Å². The summed E-state index contributed by atoms with van der Waals surface area (Å²) in [6.07, 6.45) is 2.48. The van der Waals surface area contributed by atoms with Crippen LogP contribution < -0.4 is 34.3 Å². The molecule has 0 radical (unpaired) electrons. The molecule has 12 nitrogen and oxygen atoms in total. The molecule has 1 atom stereocenters. The van der Waals surface area contributed by atoms with Crippen molar-refractivity contribution in [2.24, 2.45) is 5.92 Å².